The first-order valence-corrected chi connectivity index (χ1v) is 11.4. The number of ether oxygens (including phenoxy) is 1. The number of hydrogen-bond donors (Lipinski definition) is 0. The predicted molar refractivity (Wildman–Crippen MR) is 128 cm³/mol. The Balaban J connectivity index is 2.10. The fourth-order valence-electron chi connectivity index (χ4n) is 3.74. The van der Waals surface area contributed by atoms with Crippen molar-refractivity contribution in [2.24, 2.45) is 0 Å². The van der Waals surface area contributed by atoms with E-state index in [4.69, 9.17) is 27.9 Å². The molecule has 3 aromatic rings. The zero-order chi connectivity index (χ0) is 22.5. The molecule has 1 aromatic heterocycles. The molecule has 0 N–H and O–H groups in total. The summed E-state index contributed by atoms with van der Waals surface area (Å²) in [7, 11) is 0. The van der Waals surface area contributed by atoms with E-state index in [1.807, 2.05) is 13.0 Å². The molecule has 31 heavy (non-hydrogen) atoms. The van der Waals surface area contributed by atoms with Gasteiger partial charge in [0.25, 0.3) is 0 Å². The molecule has 0 spiro atoms. The number of benzene rings is 2. The van der Waals surface area contributed by atoms with E-state index in [0.717, 1.165) is 11.1 Å². The molecule has 0 saturated carbocycles. The highest BCUT2D eigenvalue weighted by Crippen LogP contribution is 2.39. The van der Waals surface area contributed by atoms with Crippen LogP contribution in [0.1, 0.15) is 57.2 Å². The number of aromatic nitrogens is 2. The lowest BCUT2D eigenvalue weighted by molar-refractivity contribution is 0.150. The van der Waals surface area contributed by atoms with Gasteiger partial charge >= 0.3 is 6.09 Å². The van der Waals surface area contributed by atoms with Gasteiger partial charge in [0.2, 0.25) is 0 Å². The van der Waals surface area contributed by atoms with E-state index in [-0.39, 0.29) is 6.61 Å². The minimum atomic E-state index is -0.512. The molecule has 0 saturated heterocycles. The van der Waals surface area contributed by atoms with Crippen molar-refractivity contribution in [2.75, 3.05) is 6.61 Å². The van der Waals surface area contributed by atoms with Crippen molar-refractivity contribution in [3.8, 4) is 22.4 Å². The molecule has 1 unspecified atom stereocenters. The summed E-state index contributed by atoms with van der Waals surface area (Å²) in [6.45, 7) is 8.38. The number of nitrogens with zero attached hydrogens (tertiary/aromatic N) is 2. The number of unbranched alkanes of at least 4 members (excludes halogenated alkanes) is 1. The molecule has 164 valence electrons. The highest BCUT2D eigenvalue weighted by molar-refractivity contribution is 6.36. The fourth-order valence-corrected chi connectivity index (χ4v) is 4.23. The van der Waals surface area contributed by atoms with Crippen molar-refractivity contribution in [1.82, 2.24) is 9.78 Å². The summed E-state index contributed by atoms with van der Waals surface area (Å²) >= 11 is 12.6. The third kappa shape index (κ3) is 5.13. The fraction of sp³-hybridized carbons (Fsp3) is 0.360. The van der Waals surface area contributed by atoms with Crippen LogP contribution in [-0.2, 0) is 4.74 Å². The van der Waals surface area contributed by atoms with Crippen LogP contribution < -0.4 is 0 Å². The Morgan fingerprint density at radius 1 is 1.13 bits per heavy atom. The van der Waals surface area contributed by atoms with E-state index in [1.54, 1.807) is 19.1 Å². The molecule has 0 bridgehead atoms. The number of carbonyl (C=O) groups is 1. The maximum Gasteiger partial charge on any atom is 0.434 e. The zero-order valence-electron chi connectivity index (χ0n) is 18.4. The quantitative estimate of drug-likeness (QED) is 0.358. The van der Waals surface area contributed by atoms with Crippen molar-refractivity contribution >= 4 is 29.3 Å². The summed E-state index contributed by atoms with van der Waals surface area (Å²) in [5.74, 6) is 0.502. The van der Waals surface area contributed by atoms with E-state index in [1.165, 1.54) is 29.5 Å². The molecule has 1 atom stereocenters. The topological polar surface area (TPSA) is 44.1 Å². The van der Waals surface area contributed by atoms with Gasteiger partial charge in [-0.25, -0.2) is 4.79 Å². The maximum atomic E-state index is 12.5. The van der Waals surface area contributed by atoms with Gasteiger partial charge in [0, 0.05) is 16.1 Å². The molecule has 0 aliphatic rings. The van der Waals surface area contributed by atoms with Crippen molar-refractivity contribution < 1.29 is 9.53 Å². The average molecular weight is 459 g/mol. The summed E-state index contributed by atoms with van der Waals surface area (Å²) in [6, 6.07) is 13.8. The lowest BCUT2D eigenvalue weighted by Crippen LogP contribution is -2.16. The van der Waals surface area contributed by atoms with Gasteiger partial charge in [-0.05, 0) is 55.5 Å². The Labute approximate surface area is 194 Å². The molecular formula is C25H28Cl2N2O2. The van der Waals surface area contributed by atoms with Gasteiger partial charge in [-0.2, -0.15) is 9.78 Å². The molecule has 1 heterocycles. The van der Waals surface area contributed by atoms with Crippen LogP contribution >= 0.6 is 23.2 Å². The first-order valence-electron chi connectivity index (χ1n) is 10.7. The first-order chi connectivity index (χ1) is 14.9. The van der Waals surface area contributed by atoms with Crippen LogP contribution in [0, 0.1) is 6.92 Å². The molecular weight excluding hydrogens is 431 g/mol. The number of rotatable bonds is 7. The minimum Gasteiger partial charge on any atom is -0.448 e. The molecule has 6 heteroatoms. The summed E-state index contributed by atoms with van der Waals surface area (Å²) in [4.78, 5) is 12.5. The summed E-state index contributed by atoms with van der Waals surface area (Å²) in [5, 5.41) is 5.60. The molecule has 4 nitrogen and oxygen atoms in total. The van der Waals surface area contributed by atoms with Gasteiger partial charge in [0.05, 0.1) is 17.3 Å². The molecule has 0 aliphatic carbocycles. The van der Waals surface area contributed by atoms with Gasteiger partial charge < -0.3 is 4.74 Å². The van der Waals surface area contributed by atoms with Crippen LogP contribution in [0.2, 0.25) is 10.0 Å². The molecule has 0 radical (unpaired) electrons. The normalized spacial score (nSPS) is 12.1. The van der Waals surface area contributed by atoms with Crippen molar-refractivity contribution in [3.05, 3.63) is 63.8 Å². The number of halogens is 2. The van der Waals surface area contributed by atoms with Gasteiger partial charge in [-0.1, -0.05) is 74.2 Å². The van der Waals surface area contributed by atoms with Gasteiger partial charge in [-0.15, -0.1) is 0 Å². The largest absolute Gasteiger partial charge is 0.448 e. The number of carbonyl (C=O) groups excluding carboxylic acids is 1. The zero-order valence-corrected chi connectivity index (χ0v) is 19.9. The van der Waals surface area contributed by atoms with Crippen LogP contribution in [0.4, 0.5) is 4.79 Å². The van der Waals surface area contributed by atoms with E-state index < -0.39 is 6.09 Å². The smallest absolute Gasteiger partial charge is 0.434 e. The van der Waals surface area contributed by atoms with Crippen LogP contribution in [-0.4, -0.2) is 22.5 Å². The summed E-state index contributed by atoms with van der Waals surface area (Å²) in [5.41, 5.74) is 5.17. The number of hydrogen-bond acceptors (Lipinski definition) is 3. The second-order valence-corrected chi connectivity index (χ2v) is 8.55. The molecule has 0 fully saturated rings. The lowest BCUT2D eigenvalue weighted by atomic mass is 9.92. The molecule has 0 aliphatic heterocycles. The maximum absolute atomic E-state index is 12.5. The summed E-state index contributed by atoms with van der Waals surface area (Å²) < 4.78 is 6.50. The SMILES string of the molecule is CCCCC(C)c1ccc(-c2c(-c3ccc(Cl)cc3Cl)nn(C(=O)OCC)c2C)cc1. The van der Waals surface area contributed by atoms with E-state index in [9.17, 15) is 4.79 Å². The van der Waals surface area contributed by atoms with Crippen LogP contribution in [0.5, 0.6) is 0 Å². The molecule has 3 rings (SSSR count). The van der Waals surface area contributed by atoms with Crippen LogP contribution in [0.15, 0.2) is 42.5 Å². The lowest BCUT2D eigenvalue weighted by Gasteiger charge is -2.13. The average Bonchev–Trinajstić information content (AvgIpc) is 3.09. The Hall–Kier alpha value is -2.30. The second kappa shape index (κ2) is 10.3. The van der Waals surface area contributed by atoms with Crippen molar-refractivity contribution in [2.45, 2.75) is 52.9 Å². The van der Waals surface area contributed by atoms with Crippen molar-refractivity contribution in [1.29, 1.82) is 0 Å². The van der Waals surface area contributed by atoms with Gasteiger partial charge in [0.15, 0.2) is 0 Å². The van der Waals surface area contributed by atoms with E-state index in [0.29, 0.717) is 32.9 Å². The Morgan fingerprint density at radius 2 is 1.84 bits per heavy atom. The highest BCUT2D eigenvalue weighted by Gasteiger charge is 2.23. The standard InChI is InChI=1S/C25H28Cl2N2O2/c1-5-7-8-16(3)18-9-11-19(12-10-18)23-17(4)29(25(30)31-6-2)28-24(23)21-14-13-20(26)15-22(21)27/h9-16H,5-8H2,1-4H3. The van der Waals surface area contributed by atoms with Crippen molar-refractivity contribution in [3.63, 3.8) is 0 Å². The molecule has 0 amide bonds. The third-order valence-corrected chi connectivity index (χ3v) is 6.05. The van der Waals surface area contributed by atoms with E-state index in [2.05, 4.69) is 43.2 Å². The predicted octanol–water partition coefficient (Wildman–Crippen LogP) is 8.13. The van der Waals surface area contributed by atoms with Crippen LogP contribution in [0.3, 0.4) is 0 Å². The second-order valence-electron chi connectivity index (χ2n) is 7.71. The van der Waals surface area contributed by atoms with Crippen LogP contribution in [0.25, 0.3) is 22.4 Å². The minimum absolute atomic E-state index is 0.273. The van der Waals surface area contributed by atoms with E-state index >= 15 is 0 Å². The summed E-state index contributed by atoms with van der Waals surface area (Å²) in [6.07, 6.45) is 3.07. The Kier molecular flexibility index (Phi) is 7.79. The Bertz CT molecular complexity index is 1060. The molecule has 2 aromatic carbocycles. The highest BCUT2D eigenvalue weighted by atomic mass is 35.5. The monoisotopic (exact) mass is 458 g/mol. The first kappa shape index (κ1) is 23.4. The Morgan fingerprint density at radius 3 is 2.45 bits per heavy atom. The van der Waals surface area contributed by atoms with Gasteiger partial charge in [0.1, 0.15) is 5.69 Å². The van der Waals surface area contributed by atoms with Gasteiger partial charge in [-0.3, -0.25) is 0 Å². The third-order valence-electron chi connectivity index (χ3n) is 5.50.